The number of likely N-dealkylation sites (tertiary alicyclic amines) is 4. The second-order valence-electron chi connectivity index (χ2n) is 12.7. The Hall–Kier alpha value is -0.160. The first-order chi connectivity index (χ1) is 14.4. The molecule has 0 atom stereocenters. The molecule has 0 aromatic heterocycles. The van der Waals surface area contributed by atoms with Crippen molar-refractivity contribution in [1.82, 2.24) is 19.6 Å². The second-order valence-corrected chi connectivity index (χ2v) is 12.7. The fraction of sp³-hybridized carbons (Fsp3) is 1.00. The summed E-state index contributed by atoms with van der Waals surface area (Å²) in [6, 6.07) is 2.46. The van der Waals surface area contributed by atoms with Gasteiger partial charge in [0, 0.05) is 50.8 Å². The predicted molar refractivity (Wildman–Crippen MR) is 126 cm³/mol. The van der Waals surface area contributed by atoms with Gasteiger partial charge in [0.1, 0.15) is 0 Å². The molecule has 4 nitrogen and oxygen atoms in total. The molecule has 0 bridgehead atoms. The van der Waals surface area contributed by atoms with Crippen molar-refractivity contribution in [3.8, 4) is 0 Å². The zero-order valence-corrected chi connectivity index (χ0v) is 20.4. The van der Waals surface area contributed by atoms with Crippen molar-refractivity contribution in [3.63, 3.8) is 0 Å². The van der Waals surface area contributed by atoms with Gasteiger partial charge in [0.2, 0.25) is 0 Å². The molecule has 0 aromatic carbocycles. The molecular weight excluding hydrogens is 368 g/mol. The smallest absolute Gasteiger partial charge is 0.0350 e. The van der Waals surface area contributed by atoms with E-state index < -0.39 is 0 Å². The molecule has 0 unspecified atom stereocenters. The molecule has 0 amide bonds. The fourth-order valence-corrected chi connectivity index (χ4v) is 7.21. The van der Waals surface area contributed by atoms with E-state index >= 15 is 0 Å². The Bertz CT molecular complexity index is 568. The molecule has 0 radical (unpaired) electrons. The van der Waals surface area contributed by atoms with Crippen molar-refractivity contribution in [2.24, 2.45) is 16.7 Å². The van der Waals surface area contributed by atoms with Crippen LogP contribution >= 0.6 is 0 Å². The van der Waals surface area contributed by atoms with Crippen LogP contribution in [0.1, 0.15) is 72.6 Å². The first kappa shape index (κ1) is 21.7. The van der Waals surface area contributed by atoms with Gasteiger partial charge >= 0.3 is 0 Å². The van der Waals surface area contributed by atoms with Crippen molar-refractivity contribution in [3.05, 3.63) is 0 Å². The van der Waals surface area contributed by atoms with Gasteiger partial charge in [-0.05, 0) is 102 Å². The SMILES string of the molecule is CC(C)CC1(CN2CC(N3CCC4(CC3)CCN(C3CN(C(C)C)C3)CC4)C2)CC1. The molecular formula is C26H48N4. The molecule has 4 saturated heterocycles. The van der Waals surface area contributed by atoms with Crippen molar-refractivity contribution < 1.29 is 0 Å². The summed E-state index contributed by atoms with van der Waals surface area (Å²) >= 11 is 0. The van der Waals surface area contributed by atoms with Crippen LogP contribution in [0.5, 0.6) is 0 Å². The fourth-order valence-electron chi connectivity index (χ4n) is 7.21. The maximum absolute atomic E-state index is 2.86. The Morgan fingerprint density at radius 1 is 0.700 bits per heavy atom. The topological polar surface area (TPSA) is 13.0 Å². The van der Waals surface area contributed by atoms with Crippen LogP contribution in [0, 0.1) is 16.7 Å². The maximum atomic E-state index is 2.86. The number of hydrogen-bond acceptors (Lipinski definition) is 4. The third-order valence-corrected chi connectivity index (χ3v) is 9.67. The van der Waals surface area contributed by atoms with Crippen LogP contribution in [0.4, 0.5) is 0 Å². The third kappa shape index (κ3) is 4.49. The zero-order chi connectivity index (χ0) is 20.9. The summed E-state index contributed by atoms with van der Waals surface area (Å²) in [5, 5.41) is 0. The van der Waals surface area contributed by atoms with Gasteiger partial charge in [-0.2, -0.15) is 0 Å². The lowest BCUT2D eigenvalue weighted by molar-refractivity contribution is -0.0514. The number of rotatable bonds is 7. The molecule has 5 fully saturated rings. The van der Waals surface area contributed by atoms with E-state index in [1.807, 2.05) is 0 Å². The van der Waals surface area contributed by atoms with Crippen LogP contribution in [-0.2, 0) is 0 Å². The average Bonchev–Trinajstić information content (AvgIpc) is 3.38. The Labute approximate surface area is 186 Å². The summed E-state index contributed by atoms with van der Waals surface area (Å²) in [4.78, 5) is 11.1. The van der Waals surface area contributed by atoms with Crippen molar-refractivity contribution in [1.29, 1.82) is 0 Å². The summed E-state index contributed by atoms with van der Waals surface area (Å²) in [5.74, 6) is 0.868. The van der Waals surface area contributed by atoms with E-state index in [0.29, 0.717) is 10.8 Å². The third-order valence-electron chi connectivity index (χ3n) is 9.67. The highest BCUT2D eigenvalue weighted by molar-refractivity contribution is 5.02. The first-order valence-electron chi connectivity index (χ1n) is 13.3. The van der Waals surface area contributed by atoms with Gasteiger partial charge in [-0.3, -0.25) is 19.6 Å². The molecule has 4 heteroatoms. The molecule has 1 spiro atoms. The highest BCUT2D eigenvalue weighted by Gasteiger charge is 2.47. The molecule has 0 N–H and O–H groups in total. The lowest BCUT2D eigenvalue weighted by Crippen LogP contribution is -2.64. The number of hydrogen-bond donors (Lipinski definition) is 0. The van der Waals surface area contributed by atoms with Gasteiger partial charge in [-0.25, -0.2) is 0 Å². The van der Waals surface area contributed by atoms with Crippen LogP contribution < -0.4 is 0 Å². The second kappa shape index (κ2) is 8.32. The minimum absolute atomic E-state index is 0.688. The van der Waals surface area contributed by atoms with Crippen LogP contribution in [0.2, 0.25) is 0 Å². The monoisotopic (exact) mass is 416 g/mol. The van der Waals surface area contributed by atoms with Crippen molar-refractivity contribution >= 4 is 0 Å². The lowest BCUT2D eigenvalue weighted by Gasteiger charge is -2.54. The number of piperidine rings is 2. The Morgan fingerprint density at radius 2 is 1.20 bits per heavy atom. The maximum Gasteiger partial charge on any atom is 0.0350 e. The highest BCUT2D eigenvalue weighted by atomic mass is 15.3. The molecule has 0 aromatic rings. The van der Waals surface area contributed by atoms with E-state index in [-0.39, 0.29) is 0 Å². The Kier molecular flexibility index (Phi) is 6.01. The standard InChI is InChI=1S/C26H48N4/c1-21(2)15-26(5-6-26)20-27-16-23(17-27)28-11-7-25(8-12-28)9-13-29(14-10-25)24-18-30(19-24)22(3)4/h21-24H,5-20H2,1-4H3. The van der Waals surface area contributed by atoms with Gasteiger partial charge in [-0.1, -0.05) is 13.8 Å². The lowest BCUT2D eigenvalue weighted by atomic mass is 9.70. The van der Waals surface area contributed by atoms with E-state index in [9.17, 15) is 0 Å². The molecule has 5 rings (SSSR count). The van der Waals surface area contributed by atoms with Crippen LogP contribution in [0.3, 0.4) is 0 Å². The van der Waals surface area contributed by atoms with Gasteiger partial charge < -0.3 is 0 Å². The molecule has 1 aliphatic carbocycles. The predicted octanol–water partition coefficient (Wildman–Crippen LogP) is 3.77. The van der Waals surface area contributed by atoms with Gasteiger partial charge in [-0.15, -0.1) is 0 Å². The van der Waals surface area contributed by atoms with Crippen LogP contribution in [-0.4, -0.2) is 96.6 Å². The molecule has 30 heavy (non-hydrogen) atoms. The van der Waals surface area contributed by atoms with E-state index in [2.05, 4.69) is 47.3 Å². The normalized spacial score (nSPS) is 31.4. The van der Waals surface area contributed by atoms with Crippen molar-refractivity contribution in [2.75, 3.05) is 58.9 Å². The molecule has 172 valence electrons. The van der Waals surface area contributed by atoms with Gasteiger partial charge in [0.05, 0.1) is 0 Å². The largest absolute Gasteiger partial charge is 0.300 e. The van der Waals surface area contributed by atoms with E-state index in [4.69, 9.17) is 0 Å². The quantitative estimate of drug-likeness (QED) is 0.626. The van der Waals surface area contributed by atoms with E-state index in [1.165, 1.54) is 104 Å². The van der Waals surface area contributed by atoms with E-state index in [1.54, 1.807) is 0 Å². The minimum Gasteiger partial charge on any atom is -0.300 e. The first-order valence-corrected chi connectivity index (χ1v) is 13.3. The Morgan fingerprint density at radius 3 is 1.63 bits per heavy atom. The molecule has 4 aliphatic heterocycles. The highest BCUT2D eigenvalue weighted by Crippen LogP contribution is 2.52. The van der Waals surface area contributed by atoms with E-state index in [0.717, 1.165) is 24.0 Å². The minimum atomic E-state index is 0.688. The molecule has 1 saturated carbocycles. The van der Waals surface area contributed by atoms with Gasteiger partial charge in [0.15, 0.2) is 0 Å². The average molecular weight is 417 g/mol. The summed E-state index contributed by atoms with van der Waals surface area (Å²) in [6.45, 7) is 21.7. The van der Waals surface area contributed by atoms with Crippen LogP contribution in [0.15, 0.2) is 0 Å². The van der Waals surface area contributed by atoms with Crippen LogP contribution in [0.25, 0.3) is 0 Å². The Balaban J connectivity index is 1.01. The van der Waals surface area contributed by atoms with Gasteiger partial charge in [0.25, 0.3) is 0 Å². The summed E-state index contributed by atoms with van der Waals surface area (Å²) in [7, 11) is 0. The number of nitrogens with zero attached hydrogens (tertiary/aromatic N) is 4. The van der Waals surface area contributed by atoms with Crippen molar-refractivity contribution in [2.45, 2.75) is 90.8 Å². The zero-order valence-electron chi connectivity index (χ0n) is 20.4. The summed E-state index contributed by atoms with van der Waals surface area (Å²) in [5.41, 5.74) is 1.40. The summed E-state index contributed by atoms with van der Waals surface area (Å²) in [6.07, 6.45) is 10.3. The summed E-state index contributed by atoms with van der Waals surface area (Å²) < 4.78 is 0. The molecule has 5 aliphatic rings. The molecule has 4 heterocycles.